The number of aromatic nitrogens is 3. The molecule has 1 saturated carbocycles. The maximum atomic E-state index is 10.4. The first-order chi connectivity index (χ1) is 12.3. The van der Waals surface area contributed by atoms with E-state index in [-0.39, 0.29) is 12.1 Å². The number of nitrogens with zero attached hydrogens (tertiary/aromatic N) is 4. The topological polar surface area (TPSA) is 95.4 Å². The first kappa shape index (κ1) is 15.9. The largest absolute Gasteiger partial charge is 0.480 e. The van der Waals surface area contributed by atoms with Gasteiger partial charge in [0.05, 0.1) is 37.8 Å². The molecule has 2 aromatic heterocycles. The van der Waals surface area contributed by atoms with Crippen molar-refractivity contribution in [2.75, 3.05) is 29.3 Å². The minimum atomic E-state index is -0.314. The first-order valence-corrected chi connectivity index (χ1v) is 8.58. The molecule has 3 N–H and O–H groups in total. The zero-order valence-electron chi connectivity index (χ0n) is 14.1. The van der Waals surface area contributed by atoms with Crippen molar-refractivity contribution in [2.45, 2.75) is 37.8 Å². The molecule has 0 amide bonds. The van der Waals surface area contributed by atoms with Crippen LogP contribution in [-0.2, 0) is 0 Å². The molecule has 0 aromatic carbocycles. The summed E-state index contributed by atoms with van der Waals surface area (Å²) in [4.78, 5) is 15.3. The summed E-state index contributed by atoms with van der Waals surface area (Å²) >= 11 is 0. The van der Waals surface area contributed by atoms with Crippen molar-refractivity contribution < 1.29 is 9.84 Å². The zero-order valence-corrected chi connectivity index (χ0v) is 14.1. The van der Waals surface area contributed by atoms with Gasteiger partial charge >= 0.3 is 0 Å². The maximum Gasteiger partial charge on any atom is 0.237 e. The fourth-order valence-electron chi connectivity index (χ4n) is 3.52. The van der Waals surface area contributed by atoms with Crippen LogP contribution in [0.5, 0.6) is 5.88 Å². The highest BCUT2D eigenvalue weighted by Crippen LogP contribution is 2.35. The van der Waals surface area contributed by atoms with Crippen LogP contribution in [0, 0.1) is 0 Å². The zero-order chi connectivity index (χ0) is 17.2. The lowest BCUT2D eigenvalue weighted by Crippen LogP contribution is -2.45. The standard InChI is InChI=1S/C17H22N6O2/c1-25-16-11(5-4-8-18-16)21-17-19-9-12-15(22-17)23(10-20-12)13-6-2-3-7-14(13)24/h4-5,8-9,13-14,20,24H,2-3,6-7,10H2,1H3,(H,19,21,22)/t13-,14-/m0/s1. The van der Waals surface area contributed by atoms with E-state index in [1.807, 2.05) is 12.1 Å². The number of fused-ring (bicyclic) bond motifs is 1. The molecule has 8 nitrogen and oxygen atoms in total. The van der Waals surface area contributed by atoms with Crippen LogP contribution >= 0.6 is 0 Å². The minimum absolute atomic E-state index is 0.0955. The summed E-state index contributed by atoms with van der Waals surface area (Å²) in [6.07, 6.45) is 7.17. The highest BCUT2D eigenvalue weighted by molar-refractivity contribution is 5.72. The molecular formula is C17H22N6O2. The van der Waals surface area contributed by atoms with Crippen LogP contribution in [0.3, 0.4) is 0 Å². The van der Waals surface area contributed by atoms with E-state index >= 15 is 0 Å². The molecule has 4 rings (SSSR count). The van der Waals surface area contributed by atoms with Crippen LogP contribution in [0.4, 0.5) is 23.1 Å². The lowest BCUT2D eigenvalue weighted by molar-refractivity contribution is 0.105. The molecule has 0 bridgehead atoms. The molecule has 1 fully saturated rings. The van der Waals surface area contributed by atoms with Gasteiger partial charge in [-0.2, -0.15) is 4.98 Å². The third-order valence-electron chi connectivity index (χ3n) is 4.79. The molecule has 2 aliphatic rings. The van der Waals surface area contributed by atoms with Gasteiger partial charge in [-0.05, 0) is 25.0 Å². The van der Waals surface area contributed by atoms with Crippen molar-refractivity contribution >= 4 is 23.1 Å². The Bertz CT molecular complexity index is 756. The van der Waals surface area contributed by atoms with E-state index in [0.717, 1.165) is 37.2 Å². The Labute approximate surface area is 146 Å². The Balaban J connectivity index is 1.60. The Kier molecular flexibility index (Phi) is 4.27. The number of ether oxygens (including phenoxy) is 1. The number of pyridine rings is 1. The molecule has 2 aromatic rings. The molecule has 2 atom stereocenters. The van der Waals surface area contributed by atoms with Crippen LogP contribution in [-0.4, -0.2) is 46.0 Å². The summed E-state index contributed by atoms with van der Waals surface area (Å²) in [6.45, 7) is 0.644. The summed E-state index contributed by atoms with van der Waals surface area (Å²) in [6, 6.07) is 3.78. The van der Waals surface area contributed by atoms with Crippen molar-refractivity contribution in [2.24, 2.45) is 0 Å². The number of anilines is 4. The van der Waals surface area contributed by atoms with Gasteiger partial charge < -0.3 is 25.4 Å². The van der Waals surface area contributed by atoms with E-state index in [1.54, 1.807) is 19.5 Å². The quantitative estimate of drug-likeness (QED) is 0.778. The van der Waals surface area contributed by atoms with Gasteiger partial charge in [-0.1, -0.05) is 12.8 Å². The van der Waals surface area contributed by atoms with Crippen molar-refractivity contribution in [3.05, 3.63) is 24.5 Å². The molecule has 0 unspecified atom stereocenters. The number of hydrogen-bond acceptors (Lipinski definition) is 8. The molecule has 0 spiro atoms. The average molecular weight is 342 g/mol. The predicted octanol–water partition coefficient (Wildman–Crippen LogP) is 2.12. The molecular weight excluding hydrogens is 320 g/mol. The lowest BCUT2D eigenvalue weighted by Gasteiger charge is -2.35. The molecule has 1 aliphatic carbocycles. The Hall–Kier alpha value is -2.61. The van der Waals surface area contributed by atoms with Gasteiger partial charge in [0.2, 0.25) is 11.8 Å². The van der Waals surface area contributed by atoms with Crippen molar-refractivity contribution in [3.63, 3.8) is 0 Å². The van der Waals surface area contributed by atoms with Crippen LogP contribution in [0.15, 0.2) is 24.5 Å². The van der Waals surface area contributed by atoms with Crippen LogP contribution in [0.1, 0.15) is 25.7 Å². The molecule has 8 heteroatoms. The monoisotopic (exact) mass is 342 g/mol. The van der Waals surface area contributed by atoms with Crippen LogP contribution < -0.4 is 20.3 Å². The summed E-state index contributed by atoms with van der Waals surface area (Å²) in [5.74, 6) is 1.79. The number of rotatable bonds is 4. The summed E-state index contributed by atoms with van der Waals surface area (Å²) < 4.78 is 5.26. The van der Waals surface area contributed by atoms with Gasteiger partial charge in [0, 0.05) is 6.20 Å². The molecule has 0 radical (unpaired) electrons. The number of aliphatic hydroxyl groups is 1. The Morgan fingerprint density at radius 1 is 1.32 bits per heavy atom. The second-order valence-electron chi connectivity index (χ2n) is 6.34. The number of hydrogen-bond donors (Lipinski definition) is 3. The van der Waals surface area contributed by atoms with E-state index < -0.39 is 0 Å². The lowest BCUT2D eigenvalue weighted by atomic mass is 9.91. The average Bonchev–Trinajstić information content (AvgIpc) is 3.06. The molecule has 1 aliphatic heterocycles. The van der Waals surface area contributed by atoms with Crippen molar-refractivity contribution in [1.82, 2.24) is 15.0 Å². The van der Waals surface area contributed by atoms with E-state index in [0.29, 0.717) is 24.2 Å². The molecule has 0 saturated heterocycles. The third-order valence-corrected chi connectivity index (χ3v) is 4.79. The van der Waals surface area contributed by atoms with E-state index in [4.69, 9.17) is 4.74 Å². The normalized spacial score (nSPS) is 22.2. The van der Waals surface area contributed by atoms with Gasteiger partial charge in [0.25, 0.3) is 0 Å². The van der Waals surface area contributed by atoms with Gasteiger partial charge in [-0.25, -0.2) is 9.97 Å². The number of nitrogens with one attached hydrogen (secondary N) is 2. The third kappa shape index (κ3) is 3.05. The van der Waals surface area contributed by atoms with E-state index in [9.17, 15) is 5.11 Å². The van der Waals surface area contributed by atoms with Gasteiger partial charge in [-0.3, -0.25) is 0 Å². The van der Waals surface area contributed by atoms with E-state index in [2.05, 4.69) is 30.5 Å². The smallest absolute Gasteiger partial charge is 0.237 e. The predicted molar refractivity (Wildman–Crippen MR) is 95.3 cm³/mol. The van der Waals surface area contributed by atoms with Crippen LogP contribution in [0.25, 0.3) is 0 Å². The molecule has 3 heterocycles. The summed E-state index contributed by atoms with van der Waals surface area (Å²) in [7, 11) is 1.58. The van der Waals surface area contributed by atoms with Crippen LogP contribution in [0.2, 0.25) is 0 Å². The van der Waals surface area contributed by atoms with Gasteiger partial charge in [-0.15, -0.1) is 0 Å². The first-order valence-electron chi connectivity index (χ1n) is 8.58. The highest BCUT2D eigenvalue weighted by atomic mass is 16.5. The second-order valence-corrected chi connectivity index (χ2v) is 6.34. The number of aliphatic hydroxyl groups excluding tert-OH is 1. The summed E-state index contributed by atoms with van der Waals surface area (Å²) in [5, 5.41) is 16.8. The fraction of sp³-hybridized carbons (Fsp3) is 0.471. The maximum absolute atomic E-state index is 10.4. The highest BCUT2D eigenvalue weighted by Gasteiger charge is 2.34. The molecule has 132 valence electrons. The van der Waals surface area contributed by atoms with Crippen molar-refractivity contribution in [3.8, 4) is 5.88 Å². The van der Waals surface area contributed by atoms with Crippen molar-refractivity contribution in [1.29, 1.82) is 0 Å². The number of methoxy groups -OCH3 is 1. The fourth-order valence-corrected chi connectivity index (χ4v) is 3.52. The van der Waals surface area contributed by atoms with E-state index in [1.165, 1.54) is 0 Å². The summed E-state index contributed by atoms with van der Waals surface area (Å²) in [5.41, 5.74) is 1.60. The second kappa shape index (κ2) is 6.72. The Morgan fingerprint density at radius 2 is 2.20 bits per heavy atom. The van der Waals surface area contributed by atoms with Gasteiger partial charge in [0.15, 0.2) is 5.82 Å². The van der Waals surface area contributed by atoms with Gasteiger partial charge in [0.1, 0.15) is 5.69 Å². The Morgan fingerprint density at radius 3 is 3.04 bits per heavy atom. The SMILES string of the molecule is COc1ncccc1Nc1ncc2c(n1)N([C@H]1CCCC[C@@H]1O)CN2. The molecule has 25 heavy (non-hydrogen) atoms. The minimum Gasteiger partial charge on any atom is -0.480 e.